The fraction of sp³-hybridized carbons (Fsp3) is 0.750. The van der Waals surface area contributed by atoms with Crippen LogP contribution in [0, 0.1) is 0 Å². The monoisotopic (exact) mass is 241 g/mol. The van der Waals surface area contributed by atoms with Crippen molar-refractivity contribution >= 4 is 11.9 Å². The fourth-order valence-electron chi connectivity index (χ4n) is 1.42. The maximum Gasteiger partial charge on any atom is 0.471 e. The van der Waals surface area contributed by atoms with Gasteiger partial charge in [0.05, 0.1) is 6.10 Å². The second-order valence-corrected chi connectivity index (χ2v) is 3.36. The Balaban J connectivity index is 2.41. The number of carbonyl (C=O) groups excluding carboxylic acids is 1. The van der Waals surface area contributed by atoms with Crippen LogP contribution in [0.3, 0.4) is 0 Å². The molecule has 0 aromatic carbocycles. The highest BCUT2D eigenvalue weighted by Crippen LogP contribution is 2.22. The fourth-order valence-corrected chi connectivity index (χ4v) is 1.42. The lowest BCUT2D eigenvalue weighted by Gasteiger charge is -2.17. The molecule has 1 aliphatic heterocycles. The number of halogens is 3. The van der Waals surface area contributed by atoms with Gasteiger partial charge in [-0.3, -0.25) is 4.79 Å². The Morgan fingerprint density at radius 2 is 2.06 bits per heavy atom. The zero-order valence-corrected chi connectivity index (χ0v) is 8.16. The van der Waals surface area contributed by atoms with E-state index >= 15 is 0 Å². The maximum absolute atomic E-state index is 12.0. The van der Waals surface area contributed by atoms with E-state index in [0.29, 0.717) is 4.90 Å². The predicted molar refractivity (Wildman–Crippen MR) is 44.6 cm³/mol. The van der Waals surface area contributed by atoms with Crippen LogP contribution in [0.2, 0.25) is 0 Å². The van der Waals surface area contributed by atoms with Gasteiger partial charge in [0, 0.05) is 13.1 Å². The Bertz CT molecular complexity index is 291. The van der Waals surface area contributed by atoms with Gasteiger partial charge in [0.1, 0.15) is 6.61 Å². The highest BCUT2D eigenvalue weighted by Gasteiger charge is 2.44. The minimum atomic E-state index is -4.89. The van der Waals surface area contributed by atoms with E-state index in [-0.39, 0.29) is 19.5 Å². The van der Waals surface area contributed by atoms with E-state index in [1.807, 2.05) is 0 Å². The molecule has 0 bridgehead atoms. The largest absolute Gasteiger partial charge is 0.480 e. The number of alkyl halides is 3. The Kier molecular flexibility index (Phi) is 3.74. The summed E-state index contributed by atoms with van der Waals surface area (Å²) in [6.07, 6.45) is -5.31. The molecule has 92 valence electrons. The molecule has 0 radical (unpaired) electrons. The molecule has 1 saturated heterocycles. The normalized spacial score (nSPS) is 21.2. The smallest absolute Gasteiger partial charge is 0.471 e. The number of ether oxygens (including phenoxy) is 1. The summed E-state index contributed by atoms with van der Waals surface area (Å²) in [7, 11) is 0. The van der Waals surface area contributed by atoms with Gasteiger partial charge in [0.15, 0.2) is 0 Å². The summed E-state index contributed by atoms with van der Waals surface area (Å²) < 4.78 is 40.8. The van der Waals surface area contributed by atoms with Crippen LogP contribution >= 0.6 is 0 Å². The molecule has 0 aliphatic carbocycles. The minimum Gasteiger partial charge on any atom is -0.480 e. The number of carboxylic acid groups (broad SMARTS) is 1. The average molecular weight is 241 g/mol. The zero-order chi connectivity index (χ0) is 12.3. The average Bonchev–Trinajstić information content (AvgIpc) is 2.60. The number of nitrogens with zero attached hydrogens (tertiary/aromatic N) is 1. The number of carbonyl (C=O) groups is 2. The first-order valence-corrected chi connectivity index (χ1v) is 4.50. The molecular formula is C8H10F3NO4. The number of amides is 1. The minimum absolute atomic E-state index is 0.0668. The third-order valence-corrected chi connectivity index (χ3v) is 2.12. The van der Waals surface area contributed by atoms with E-state index in [2.05, 4.69) is 0 Å². The van der Waals surface area contributed by atoms with Gasteiger partial charge in [-0.1, -0.05) is 0 Å². The van der Waals surface area contributed by atoms with Crippen LogP contribution in [-0.2, 0) is 14.3 Å². The molecule has 1 rings (SSSR count). The number of likely N-dealkylation sites (tertiary alicyclic amines) is 1. The van der Waals surface area contributed by atoms with Crippen LogP contribution in [0.25, 0.3) is 0 Å². The third-order valence-electron chi connectivity index (χ3n) is 2.12. The van der Waals surface area contributed by atoms with Gasteiger partial charge in [-0.25, -0.2) is 4.79 Å². The molecule has 1 fully saturated rings. The quantitative estimate of drug-likeness (QED) is 0.769. The van der Waals surface area contributed by atoms with Gasteiger partial charge in [-0.05, 0) is 6.42 Å². The topological polar surface area (TPSA) is 66.8 Å². The number of rotatable bonds is 3. The number of carboxylic acids is 1. The molecule has 0 spiro atoms. The van der Waals surface area contributed by atoms with Gasteiger partial charge in [-0.2, -0.15) is 13.2 Å². The van der Waals surface area contributed by atoms with Gasteiger partial charge in [-0.15, -0.1) is 0 Å². The Labute approximate surface area is 88.8 Å². The van der Waals surface area contributed by atoms with Gasteiger partial charge >= 0.3 is 18.1 Å². The summed E-state index contributed by atoms with van der Waals surface area (Å²) in [6.45, 7) is -0.854. The molecular weight excluding hydrogens is 231 g/mol. The van der Waals surface area contributed by atoms with E-state index in [1.54, 1.807) is 0 Å². The zero-order valence-electron chi connectivity index (χ0n) is 8.16. The maximum atomic E-state index is 12.0. The van der Waals surface area contributed by atoms with E-state index in [0.717, 1.165) is 0 Å². The molecule has 0 unspecified atom stereocenters. The molecule has 0 aromatic rings. The van der Waals surface area contributed by atoms with Crippen molar-refractivity contribution in [3.8, 4) is 0 Å². The molecule has 8 heteroatoms. The summed E-state index contributed by atoms with van der Waals surface area (Å²) in [6, 6.07) is 0. The Hall–Kier alpha value is -1.31. The van der Waals surface area contributed by atoms with Gasteiger partial charge < -0.3 is 14.7 Å². The van der Waals surface area contributed by atoms with Crippen LogP contribution in [0.15, 0.2) is 0 Å². The van der Waals surface area contributed by atoms with Crippen LogP contribution in [0.1, 0.15) is 6.42 Å². The summed E-state index contributed by atoms with van der Waals surface area (Å²) in [5.74, 6) is -3.10. The van der Waals surface area contributed by atoms with Crippen LogP contribution in [0.4, 0.5) is 13.2 Å². The van der Waals surface area contributed by atoms with Crippen molar-refractivity contribution in [3.63, 3.8) is 0 Å². The second-order valence-electron chi connectivity index (χ2n) is 3.36. The van der Waals surface area contributed by atoms with Crippen molar-refractivity contribution in [2.75, 3.05) is 19.7 Å². The van der Waals surface area contributed by atoms with Crippen LogP contribution in [-0.4, -0.2) is 53.9 Å². The third kappa shape index (κ3) is 3.37. The number of aliphatic carboxylic acids is 1. The molecule has 16 heavy (non-hydrogen) atoms. The SMILES string of the molecule is O=C(O)CO[C@@H]1CCN(C(=O)C(F)(F)F)C1. The van der Waals surface area contributed by atoms with Gasteiger partial charge in [0.2, 0.25) is 0 Å². The highest BCUT2D eigenvalue weighted by atomic mass is 19.4. The molecule has 1 heterocycles. The lowest BCUT2D eigenvalue weighted by atomic mass is 10.3. The first kappa shape index (κ1) is 12.8. The van der Waals surface area contributed by atoms with Crippen molar-refractivity contribution in [1.29, 1.82) is 0 Å². The van der Waals surface area contributed by atoms with Crippen molar-refractivity contribution in [3.05, 3.63) is 0 Å². The Morgan fingerprint density at radius 1 is 1.44 bits per heavy atom. The van der Waals surface area contributed by atoms with Gasteiger partial charge in [0.25, 0.3) is 0 Å². The predicted octanol–water partition coefficient (Wildman–Crippen LogP) is 0.251. The highest BCUT2D eigenvalue weighted by molar-refractivity contribution is 5.82. The standard InChI is InChI=1S/C8H10F3NO4/c9-8(10,11)7(15)12-2-1-5(3-12)16-4-6(13)14/h5H,1-4H2,(H,13,14)/t5-/m1/s1. The number of hydrogen-bond donors (Lipinski definition) is 1. The number of hydrogen-bond acceptors (Lipinski definition) is 3. The van der Waals surface area contributed by atoms with Crippen LogP contribution < -0.4 is 0 Å². The molecule has 0 saturated carbocycles. The molecule has 0 aromatic heterocycles. The molecule has 1 atom stereocenters. The summed E-state index contributed by atoms with van der Waals surface area (Å²) in [5.41, 5.74) is 0. The molecule has 5 nitrogen and oxygen atoms in total. The van der Waals surface area contributed by atoms with E-state index in [9.17, 15) is 22.8 Å². The van der Waals surface area contributed by atoms with E-state index in [1.165, 1.54) is 0 Å². The lowest BCUT2D eigenvalue weighted by Crippen LogP contribution is -2.40. The van der Waals surface area contributed by atoms with Crippen molar-refractivity contribution in [2.24, 2.45) is 0 Å². The van der Waals surface area contributed by atoms with Crippen molar-refractivity contribution in [2.45, 2.75) is 18.7 Å². The van der Waals surface area contributed by atoms with E-state index < -0.39 is 30.8 Å². The van der Waals surface area contributed by atoms with Crippen LogP contribution in [0.5, 0.6) is 0 Å². The van der Waals surface area contributed by atoms with Crippen molar-refractivity contribution in [1.82, 2.24) is 4.90 Å². The first-order chi connectivity index (χ1) is 7.30. The lowest BCUT2D eigenvalue weighted by molar-refractivity contribution is -0.184. The first-order valence-electron chi connectivity index (χ1n) is 4.50. The summed E-state index contributed by atoms with van der Waals surface area (Å²) in [4.78, 5) is 21.5. The molecule has 1 amide bonds. The van der Waals surface area contributed by atoms with Crippen molar-refractivity contribution < 1.29 is 32.6 Å². The summed E-state index contributed by atoms with van der Waals surface area (Å²) >= 11 is 0. The summed E-state index contributed by atoms with van der Waals surface area (Å²) in [5, 5.41) is 8.29. The van der Waals surface area contributed by atoms with E-state index in [4.69, 9.17) is 9.84 Å². The Morgan fingerprint density at radius 3 is 2.56 bits per heavy atom. The second kappa shape index (κ2) is 4.69. The molecule has 1 aliphatic rings. The molecule has 1 N–H and O–H groups in total.